The van der Waals surface area contributed by atoms with Gasteiger partial charge in [-0.25, -0.2) is 0 Å². The van der Waals surface area contributed by atoms with E-state index in [1.54, 1.807) is 55.6 Å². The molecule has 1 amide bonds. The maximum Gasteiger partial charge on any atom is 0.312 e. The molecular weight excluding hydrogens is 374 g/mol. The van der Waals surface area contributed by atoms with Crippen LogP contribution in [0.15, 0.2) is 48.5 Å². The van der Waals surface area contributed by atoms with Crippen molar-refractivity contribution in [3.05, 3.63) is 54.1 Å². The number of Topliss-reactive ketones (excluding diaryl/α,β-unsaturated/α-hetero) is 1. The predicted octanol–water partition coefficient (Wildman–Crippen LogP) is 2.87. The molecular formula is C22H23NO6. The number of ketones is 1. The van der Waals surface area contributed by atoms with Crippen LogP contribution in [0, 0.1) is 5.92 Å². The first-order valence-corrected chi connectivity index (χ1v) is 9.26. The Kier molecular flexibility index (Phi) is 6.16. The number of rotatable bonds is 7. The SMILES string of the molecule is COc1ccc(N2C[C@H](C(=O)O[C@@H](C)C(=O)c3ccccc3)CC2=O)c(OC)c1. The number of amides is 1. The number of benzene rings is 2. The molecule has 152 valence electrons. The van der Waals surface area contributed by atoms with Crippen LogP contribution in [0.4, 0.5) is 5.69 Å². The zero-order valence-electron chi connectivity index (χ0n) is 16.6. The Hall–Kier alpha value is -3.35. The summed E-state index contributed by atoms with van der Waals surface area (Å²) in [6, 6.07) is 13.7. The summed E-state index contributed by atoms with van der Waals surface area (Å²) in [4.78, 5) is 39.0. The van der Waals surface area contributed by atoms with E-state index < -0.39 is 18.0 Å². The van der Waals surface area contributed by atoms with Gasteiger partial charge in [-0.3, -0.25) is 14.4 Å². The maximum absolute atomic E-state index is 12.6. The number of carbonyl (C=O) groups excluding carboxylic acids is 3. The van der Waals surface area contributed by atoms with Gasteiger partial charge in [0.2, 0.25) is 11.7 Å². The summed E-state index contributed by atoms with van der Waals surface area (Å²) in [5.74, 6) is -0.638. The lowest BCUT2D eigenvalue weighted by Crippen LogP contribution is -2.30. The monoisotopic (exact) mass is 397 g/mol. The summed E-state index contributed by atoms with van der Waals surface area (Å²) in [7, 11) is 3.04. The van der Waals surface area contributed by atoms with Crippen LogP contribution < -0.4 is 14.4 Å². The van der Waals surface area contributed by atoms with Gasteiger partial charge in [-0.1, -0.05) is 30.3 Å². The molecule has 0 unspecified atom stereocenters. The van der Waals surface area contributed by atoms with Gasteiger partial charge in [0.25, 0.3) is 0 Å². The van der Waals surface area contributed by atoms with Crippen molar-refractivity contribution in [3.63, 3.8) is 0 Å². The van der Waals surface area contributed by atoms with Gasteiger partial charge >= 0.3 is 5.97 Å². The van der Waals surface area contributed by atoms with Crippen molar-refractivity contribution in [2.75, 3.05) is 25.7 Å². The first-order valence-electron chi connectivity index (χ1n) is 9.26. The fourth-order valence-electron chi connectivity index (χ4n) is 3.27. The van der Waals surface area contributed by atoms with Crippen LogP contribution in [-0.2, 0) is 14.3 Å². The van der Waals surface area contributed by atoms with E-state index in [0.29, 0.717) is 22.7 Å². The molecule has 2 aromatic carbocycles. The summed E-state index contributed by atoms with van der Waals surface area (Å²) in [5, 5.41) is 0. The van der Waals surface area contributed by atoms with Gasteiger partial charge in [0.1, 0.15) is 11.5 Å². The van der Waals surface area contributed by atoms with Crippen molar-refractivity contribution in [1.29, 1.82) is 0 Å². The van der Waals surface area contributed by atoms with Crippen LogP contribution >= 0.6 is 0 Å². The van der Waals surface area contributed by atoms with E-state index in [9.17, 15) is 14.4 Å². The van der Waals surface area contributed by atoms with E-state index in [2.05, 4.69) is 0 Å². The normalized spacial score (nSPS) is 17.0. The zero-order valence-corrected chi connectivity index (χ0v) is 16.6. The number of methoxy groups -OCH3 is 2. The van der Waals surface area contributed by atoms with Gasteiger partial charge in [0.05, 0.1) is 25.8 Å². The minimum Gasteiger partial charge on any atom is -0.497 e. The Morgan fingerprint density at radius 1 is 1.07 bits per heavy atom. The summed E-state index contributed by atoms with van der Waals surface area (Å²) in [5.41, 5.74) is 1.03. The number of hydrogen-bond donors (Lipinski definition) is 0. The van der Waals surface area contributed by atoms with Crippen LogP contribution in [0.5, 0.6) is 11.5 Å². The van der Waals surface area contributed by atoms with E-state index in [-0.39, 0.29) is 24.7 Å². The van der Waals surface area contributed by atoms with Crippen molar-refractivity contribution in [2.45, 2.75) is 19.4 Å². The quantitative estimate of drug-likeness (QED) is 0.528. The number of esters is 1. The second kappa shape index (κ2) is 8.77. The predicted molar refractivity (Wildman–Crippen MR) is 106 cm³/mol. The highest BCUT2D eigenvalue weighted by Crippen LogP contribution is 2.36. The molecule has 0 aromatic heterocycles. The number of hydrogen-bond acceptors (Lipinski definition) is 6. The highest BCUT2D eigenvalue weighted by atomic mass is 16.5. The second-order valence-corrected chi connectivity index (χ2v) is 6.75. The minimum absolute atomic E-state index is 0.0142. The molecule has 1 fully saturated rings. The standard InChI is InChI=1S/C22H23NO6/c1-14(21(25)15-7-5-4-6-8-15)29-22(26)16-11-20(24)23(13-16)18-10-9-17(27-2)12-19(18)28-3/h4-10,12,14,16H,11,13H2,1-3H3/t14-,16+/m0/s1. The Bertz CT molecular complexity index is 911. The zero-order chi connectivity index (χ0) is 21.0. The van der Waals surface area contributed by atoms with Crippen LogP contribution in [0.25, 0.3) is 0 Å². The molecule has 0 N–H and O–H groups in total. The number of anilines is 1. The number of ether oxygens (including phenoxy) is 3. The first-order chi connectivity index (χ1) is 13.9. The van der Waals surface area contributed by atoms with Gasteiger partial charge < -0.3 is 19.1 Å². The number of nitrogens with zero attached hydrogens (tertiary/aromatic N) is 1. The van der Waals surface area contributed by atoms with Crippen molar-refractivity contribution in [2.24, 2.45) is 5.92 Å². The molecule has 7 heteroatoms. The van der Waals surface area contributed by atoms with E-state index in [4.69, 9.17) is 14.2 Å². The summed E-state index contributed by atoms with van der Waals surface area (Å²) in [6.07, 6.45) is -0.912. The lowest BCUT2D eigenvalue weighted by molar-refractivity contribution is -0.151. The van der Waals surface area contributed by atoms with Gasteiger partial charge in [0, 0.05) is 24.6 Å². The lowest BCUT2D eigenvalue weighted by atomic mass is 10.1. The number of carbonyl (C=O) groups is 3. The first kappa shape index (κ1) is 20.4. The van der Waals surface area contributed by atoms with Crippen molar-refractivity contribution >= 4 is 23.3 Å². The molecule has 2 atom stereocenters. The molecule has 0 spiro atoms. The molecule has 3 rings (SSSR count). The van der Waals surface area contributed by atoms with E-state index in [1.165, 1.54) is 18.9 Å². The Morgan fingerprint density at radius 3 is 2.45 bits per heavy atom. The van der Waals surface area contributed by atoms with Gasteiger partial charge in [-0.2, -0.15) is 0 Å². The Morgan fingerprint density at radius 2 is 1.79 bits per heavy atom. The third kappa shape index (κ3) is 4.39. The average Bonchev–Trinajstić information content (AvgIpc) is 3.14. The molecule has 2 aromatic rings. The highest BCUT2D eigenvalue weighted by molar-refractivity contribution is 6.02. The molecule has 0 aliphatic carbocycles. The molecule has 1 heterocycles. The second-order valence-electron chi connectivity index (χ2n) is 6.75. The third-order valence-corrected chi connectivity index (χ3v) is 4.86. The molecule has 0 saturated carbocycles. The largest absolute Gasteiger partial charge is 0.497 e. The fraction of sp³-hybridized carbons (Fsp3) is 0.318. The van der Waals surface area contributed by atoms with E-state index in [0.717, 1.165) is 0 Å². The topological polar surface area (TPSA) is 82.1 Å². The minimum atomic E-state index is -0.926. The van der Waals surface area contributed by atoms with Gasteiger partial charge in [-0.05, 0) is 19.1 Å². The van der Waals surface area contributed by atoms with Crippen LogP contribution in [-0.4, -0.2) is 44.5 Å². The van der Waals surface area contributed by atoms with Crippen LogP contribution in [0.1, 0.15) is 23.7 Å². The molecule has 0 radical (unpaired) electrons. The van der Waals surface area contributed by atoms with Gasteiger partial charge in [0.15, 0.2) is 6.10 Å². The summed E-state index contributed by atoms with van der Waals surface area (Å²) < 4.78 is 15.9. The third-order valence-electron chi connectivity index (χ3n) is 4.86. The van der Waals surface area contributed by atoms with Gasteiger partial charge in [-0.15, -0.1) is 0 Å². The smallest absolute Gasteiger partial charge is 0.312 e. The van der Waals surface area contributed by atoms with Crippen molar-refractivity contribution < 1.29 is 28.6 Å². The summed E-state index contributed by atoms with van der Waals surface area (Å²) >= 11 is 0. The lowest BCUT2D eigenvalue weighted by Gasteiger charge is -2.20. The molecule has 1 aliphatic rings. The molecule has 1 saturated heterocycles. The molecule has 29 heavy (non-hydrogen) atoms. The molecule has 7 nitrogen and oxygen atoms in total. The average molecular weight is 397 g/mol. The van der Waals surface area contributed by atoms with Crippen LogP contribution in [0.3, 0.4) is 0 Å². The highest BCUT2D eigenvalue weighted by Gasteiger charge is 2.38. The van der Waals surface area contributed by atoms with Crippen LogP contribution in [0.2, 0.25) is 0 Å². The van der Waals surface area contributed by atoms with Crippen molar-refractivity contribution in [3.8, 4) is 11.5 Å². The fourth-order valence-corrected chi connectivity index (χ4v) is 3.27. The van der Waals surface area contributed by atoms with E-state index >= 15 is 0 Å². The van der Waals surface area contributed by atoms with Crippen molar-refractivity contribution in [1.82, 2.24) is 0 Å². The Balaban J connectivity index is 1.68. The van der Waals surface area contributed by atoms with E-state index in [1.807, 2.05) is 0 Å². The summed E-state index contributed by atoms with van der Waals surface area (Å²) in [6.45, 7) is 1.70. The maximum atomic E-state index is 12.6. The molecule has 1 aliphatic heterocycles. The Labute approximate surface area is 169 Å². The molecule has 0 bridgehead atoms.